The second-order valence-electron chi connectivity index (χ2n) is 24.9. The summed E-state index contributed by atoms with van der Waals surface area (Å²) in [5.41, 5.74) is 13.8. The number of aliphatic hydroxyl groups is 12. The summed E-state index contributed by atoms with van der Waals surface area (Å²) in [4.78, 5) is 96.6. The van der Waals surface area contributed by atoms with Crippen LogP contribution >= 0.6 is 0 Å². The zero-order valence-corrected chi connectivity index (χ0v) is 53.1. The summed E-state index contributed by atoms with van der Waals surface area (Å²) in [5.74, 6) is -8.91. The largest absolute Gasteiger partial charge is 0.462 e. The third kappa shape index (κ3) is 16.8. The number of fused-ring (bicyclic) bond motifs is 1. The number of nitrogens with one attached hydrogen (secondary N) is 7. The number of guanidine groups is 2. The molecule has 99 heavy (non-hydrogen) atoms. The van der Waals surface area contributed by atoms with Crippen LogP contribution in [-0.4, -0.2) is 312 Å². The van der Waals surface area contributed by atoms with E-state index in [1.807, 2.05) is 30.3 Å². The van der Waals surface area contributed by atoms with E-state index in [2.05, 4.69) is 47.2 Å². The van der Waals surface area contributed by atoms with Crippen LogP contribution in [0.15, 0.2) is 94.9 Å². The second-order valence-corrected chi connectivity index (χ2v) is 24.9. The van der Waals surface area contributed by atoms with Gasteiger partial charge in [-0.25, -0.2) is 4.99 Å². The monoisotopic (exact) mass is 1400 g/mol. The van der Waals surface area contributed by atoms with E-state index in [9.17, 15) is 80.5 Å². The molecule has 0 spiro atoms. The minimum absolute atomic E-state index is 0.0435. The van der Waals surface area contributed by atoms with Gasteiger partial charge in [-0.2, -0.15) is 0 Å². The number of benzene rings is 3. The first-order chi connectivity index (χ1) is 47.4. The lowest BCUT2D eigenvalue weighted by Crippen LogP contribution is -2.70. The Morgan fingerprint density at radius 2 is 1.22 bits per heavy atom. The fraction of sp³-hybridized carbons (Fsp3) is 0.581. The first kappa shape index (κ1) is 73.8. The predicted octanol–water partition coefficient (Wildman–Crippen LogP) is -11.0. The van der Waals surface area contributed by atoms with Crippen molar-refractivity contribution in [3.8, 4) is 5.75 Å². The first-order valence-corrected chi connectivity index (χ1v) is 32.0. The number of aliphatic hydroxyl groups excluding tert-OH is 12. The molecule has 26 atom stereocenters. The molecule has 23 N–H and O–H groups in total. The van der Waals surface area contributed by atoms with Crippen molar-refractivity contribution in [2.24, 2.45) is 21.5 Å². The minimum Gasteiger partial charge on any atom is -0.462 e. The summed E-state index contributed by atoms with van der Waals surface area (Å²) >= 11 is 0. The molecule has 0 aromatic heterocycles. The van der Waals surface area contributed by atoms with E-state index in [0.29, 0.717) is 12.0 Å². The summed E-state index contributed by atoms with van der Waals surface area (Å²) in [6.45, 7) is -3.08. The van der Waals surface area contributed by atoms with E-state index in [0.717, 1.165) is 10.5 Å². The highest BCUT2D eigenvalue weighted by Crippen LogP contribution is 2.35. The molecule has 7 heterocycles. The van der Waals surface area contributed by atoms with Crippen molar-refractivity contribution in [2.45, 2.75) is 179 Å². The van der Waals surface area contributed by atoms with Crippen LogP contribution < -0.4 is 53.4 Å². The molecule has 7 aliphatic rings. The van der Waals surface area contributed by atoms with Crippen LogP contribution in [-0.2, 0) is 70.0 Å². The Morgan fingerprint density at radius 1 is 0.596 bits per heavy atom. The van der Waals surface area contributed by atoms with Crippen LogP contribution in [0.1, 0.15) is 29.5 Å². The van der Waals surface area contributed by atoms with E-state index in [4.69, 9.17) is 44.6 Å². The zero-order chi connectivity index (χ0) is 71.1. The van der Waals surface area contributed by atoms with Gasteiger partial charge in [0.25, 0.3) is 0 Å². The third-order valence-electron chi connectivity index (χ3n) is 18.3. The van der Waals surface area contributed by atoms with Crippen molar-refractivity contribution in [3.63, 3.8) is 0 Å². The summed E-state index contributed by atoms with van der Waals surface area (Å²) in [7, 11) is 0. The highest BCUT2D eigenvalue weighted by Gasteiger charge is 2.55. The summed E-state index contributed by atoms with van der Waals surface area (Å²) < 4.78 is 41.3. The van der Waals surface area contributed by atoms with Gasteiger partial charge in [0.1, 0.15) is 121 Å². The van der Waals surface area contributed by atoms with Gasteiger partial charge < -0.3 is 148 Å². The Morgan fingerprint density at radius 3 is 1.89 bits per heavy atom. The topological polar surface area (TPSA) is 574 Å². The van der Waals surface area contributed by atoms with Crippen molar-refractivity contribution >= 4 is 47.4 Å². The Kier molecular flexibility index (Phi) is 24.3. The van der Waals surface area contributed by atoms with E-state index in [-0.39, 0.29) is 30.4 Å². The van der Waals surface area contributed by atoms with E-state index in [1.54, 1.807) is 37.3 Å². The number of rotatable bonds is 18. The van der Waals surface area contributed by atoms with Crippen LogP contribution in [0.5, 0.6) is 5.75 Å². The van der Waals surface area contributed by atoms with E-state index in [1.165, 1.54) is 24.3 Å². The van der Waals surface area contributed by atoms with Gasteiger partial charge in [-0.3, -0.25) is 33.8 Å². The minimum atomic E-state index is -2.35. The van der Waals surface area contributed by atoms with Crippen LogP contribution in [0, 0.1) is 0 Å². The smallest absolute Gasteiger partial charge is 0.246 e. The molecule has 7 aliphatic heterocycles. The maximum Gasteiger partial charge on any atom is 0.246 e. The standard InChI is InChI=1S/C62H84N12O25/c1-25(28-10-6-3-7-11-28)39-55(90)68-30(16-27-12-14-29(15-13-27)94-59-49(86)46(83)51(35(23-77)96-59)99-60-50(87)47(84)52-36(97-60)24-93-38(98-52)17-26-8-4-2-5-9-26)54(89)72-40(42(79)31-18-66-61(63)70-31)57(92)73-41(56(91)69-32(21-75)53(88)65-20-37(78)71-39)43(80)33-19-67-62(64)74(33)58-48(85)45(82)44(81)34(22-76)95-58/h2-15,25,30-36,38-52,58-60,75-77,79-87H,16-24H2,1H3,(H2,64,67)(H,65,88)(H,68,90)(H,69,91)(H,71,78)(H,72,89)(H,73,92)(H3,63,66,70)/t25-,30+,31-,32-,33-,34+,35+,36+,38?,39?,40-,41+,42-,43-,44+,45-,46+,47+,48-,49-,50-,51+,52+,58-,59-,60+/m0/s1. The number of nitrogens with two attached hydrogens (primary N) is 2. The average Bonchev–Trinajstić information content (AvgIpc) is 1.76. The molecular weight excluding hydrogens is 1310 g/mol. The number of ether oxygens (including phenoxy) is 7. The van der Waals surface area contributed by atoms with Gasteiger partial charge in [-0.1, -0.05) is 79.7 Å². The van der Waals surface area contributed by atoms with Gasteiger partial charge >= 0.3 is 0 Å². The Labute approximate surface area is 564 Å². The molecule has 0 saturated carbocycles. The molecular formula is C62H84N12O25. The molecule has 542 valence electrons. The molecule has 3 aromatic carbocycles. The quantitative estimate of drug-likeness (QED) is 0.0562. The SMILES string of the molecule is C[C@@H](c1ccccc1)C1NC(=O)CNC(=O)[C@H](CO)NC(=O)[C@@H]([C@@H](O)[C@@H]2CN=C(N)N2[C@H]2O[C@H](CO)[C@@H](O)[C@H](O)[C@@H]2O)NC(=O)[C@H]([C@@H](O)[C@@H]2CNC(N)=N2)NC(=O)[C@@H](Cc2ccc(O[C@H]3O[C@H](CO)[C@@H](O[C@H]4O[C@@H]5COC(Cc6ccccc6)O[C@H]5[C@H](O)[C@@H]4O)[C@H](O)[C@@H]3O)cc2)NC1=O. The van der Waals surface area contributed by atoms with Crippen molar-refractivity contribution in [3.05, 3.63) is 102 Å². The molecule has 0 bridgehead atoms. The molecule has 6 amide bonds. The molecule has 37 heteroatoms. The molecule has 0 aliphatic carbocycles. The second kappa shape index (κ2) is 32.6. The number of nitrogens with zero attached hydrogens (tertiary/aromatic N) is 3. The van der Waals surface area contributed by atoms with Gasteiger partial charge in [0.05, 0.1) is 51.6 Å². The summed E-state index contributed by atoms with van der Waals surface area (Å²) in [6.07, 6.45) is -30.1. The van der Waals surface area contributed by atoms with Crippen molar-refractivity contribution < 1.29 is 123 Å². The zero-order valence-electron chi connectivity index (χ0n) is 53.1. The number of aliphatic imine (C=N–C) groups is 2. The fourth-order valence-electron chi connectivity index (χ4n) is 12.7. The average molecular weight is 1400 g/mol. The third-order valence-corrected chi connectivity index (χ3v) is 18.3. The number of carbonyl (C=O) groups is 6. The highest BCUT2D eigenvalue weighted by molar-refractivity contribution is 5.98. The molecule has 10 rings (SSSR count). The summed E-state index contributed by atoms with van der Waals surface area (Å²) in [6, 6.07) is 10.2. The van der Waals surface area contributed by atoms with Crippen LogP contribution in [0.4, 0.5) is 0 Å². The molecule has 3 aromatic rings. The van der Waals surface area contributed by atoms with Gasteiger partial charge in [0.2, 0.25) is 41.7 Å². The highest BCUT2D eigenvalue weighted by atomic mass is 16.8. The van der Waals surface area contributed by atoms with Crippen LogP contribution in [0.3, 0.4) is 0 Å². The van der Waals surface area contributed by atoms with Gasteiger partial charge in [-0.15, -0.1) is 0 Å². The van der Waals surface area contributed by atoms with E-state index < -0.39 is 239 Å². The van der Waals surface area contributed by atoms with Crippen molar-refractivity contribution in [2.75, 3.05) is 46.1 Å². The lowest BCUT2D eigenvalue weighted by Gasteiger charge is -2.48. The predicted molar refractivity (Wildman–Crippen MR) is 335 cm³/mol. The fourth-order valence-corrected chi connectivity index (χ4v) is 12.7. The first-order valence-electron chi connectivity index (χ1n) is 32.0. The normalized spacial score (nSPS) is 36.9. The van der Waals surface area contributed by atoms with Gasteiger partial charge in [-0.05, 0) is 28.8 Å². The maximum atomic E-state index is 15.2. The Bertz CT molecular complexity index is 3330. The van der Waals surface area contributed by atoms with Crippen LogP contribution in [0.25, 0.3) is 0 Å². The van der Waals surface area contributed by atoms with Gasteiger partial charge in [0.15, 0.2) is 30.7 Å². The molecule has 0 radical (unpaired) electrons. The van der Waals surface area contributed by atoms with Crippen molar-refractivity contribution in [1.82, 2.24) is 42.1 Å². The summed E-state index contributed by atoms with van der Waals surface area (Å²) in [5, 5.41) is 150. The van der Waals surface area contributed by atoms with Crippen LogP contribution in [0.2, 0.25) is 0 Å². The Hall–Kier alpha value is -7.90. The Balaban J connectivity index is 0.905. The number of hydrogen-bond acceptors (Lipinski definition) is 31. The molecule has 5 saturated heterocycles. The number of carbonyl (C=O) groups excluding carboxylic acids is 6. The molecule has 5 fully saturated rings. The lowest BCUT2D eigenvalue weighted by atomic mass is 9.92. The van der Waals surface area contributed by atoms with E-state index >= 15 is 9.59 Å². The van der Waals surface area contributed by atoms with Gasteiger partial charge in [0, 0.05) is 25.3 Å². The maximum absolute atomic E-state index is 15.2. The number of amides is 6. The number of hydrogen-bond donors (Lipinski definition) is 21. The van der Waals surface area contributed by atoms with Crippen molar-refractivity contribution in [1.29, 1.82) is 0 Å². The molecule has 2 unspecified atom stereocenters. The lowest BCUT2D eigenvalue weighted by molar-refractivity contribution is -0.381. The molecule has 37 nitrogen and oxygen atoms in total.